The van der Waals surface area contributed by atoms with Gasteiger partial charge in [0.15, 0.2) is 11.5 Å². The van der Waals surface area contributed by atoms with Gasteiger partial charge in [0.1, 0.15) is 24.7 Å². The first-order chi connectivity index (χ1) is 25.9. The molecule has 2 heterocycles. The maximum Gasteiger partial charge on any atom is 0.410 e. The van der Waals surface area contributed by atoms with E-state index in [4.69, 9.17) is 28.5 Å². The fraction of sp³-hybridized carbons (Fsp3) is 0.512. The van der Waals surface area contributed by atoms with Gasteiger partial charge in [0.05, 0.1) is 24.8 Å². The smallest absolute Gasteiger partial charge is 0.410 e. The van der Waals surface area contributed by atoms with Gasteiger partial charge in [-0.15, -0.1) is 13.2 Å². The van der Waals surface area contributed by atoms with Gasteiger partial charge in [-0.1, -0.05) is 42.3 Å². The molecule has 2 aromatic carbocycles. The average Bonchev–Trinajstić information content (AvgIpc) is 3.63. The monoisotopic (exact) mass is 732 g/mol. The lowest BCUT2D eigenvalue weighted by Crippen LogP contribution is -2.70. The van der Waals surface area contributed by atoms with Crippen LogP contribution in [0.5, 0.6) is 23.0 Å². The second kappa shape index (κ2) is 17.5. The molecule has 1 fully saturated rings. The summed E-state index contributed by atoms with van der Waals surface area (Å²) in [4.78, 5) is 21.6. The SMILES string of the molecule is C=CCCOC(=O)N(Cc1ccc2c(c1)OCO2)C1CC(=NOC)C2=CC(CCCCO)C(CCCCO)C3c4cc(O)ccc4OC1(OCC=C)C23. The third-order valence-electron chi connectivity index (χ3n) is 10.8. The first-order valence-corrected chi connectivity index (χ1v) is 18.6. The number of unbranched alkanes of at least 4 members (excludes halogenated alkanes) is 2. The van der Waals surface area contributed by atoms with Gasteiger partial charge in [0, 0.05) is 37.7 Å². The summed E-state index contributed by atoms with van der Waals surface area (Å²) in [7, 11) is 1.51. The van der Waals surface area contributed by atoms with E-state index in [0.717, 1.165) is 42.4 Å². The quantitative estimate of drug-likeness (QED) is 0.0870. The van der Waals surface area contributed by atoms with Crippen molar-refractivity contribution in [1.82, 2.24) is 4.90 Å². The minimum atomic E-state index is -1.46. The zero-order valence-electron chi connectivity index (χ0n) is 30.5. The first-order valence-electron chi connectivity index (χ1n) is 18.6. The number of oxime groups is 1. The summed E-state index contributed by atoms with van der Waals surface area (Å²) in [6.45, 7) is 8.44. The number of carbonyl (C=O) groups is 1. The lowest BCUT2D eigenvalue weighted by atomic mass is 9.55. The molecule has 6 unspecified atom stereocenters. The van der Waals surface area contributed by atoms with Crippen LogP contribution in [0.4, 0.5) is 4.79 Å². The van der Waals surface area contributed by atoms with Crippen molar-refractivity contribution in [2.45, 2.75) is 75.7 Å². The zero-order chi connectivity index (χ0) is 37.4. The highest BCUT2D eigenvalue weighted by molar-refractivity contribution is 6.03. The molecule has 2 aliphatic heterocycles. The molecule has 286 valence electrons. The normalized spacial score (nSPS) is 25.8. The van der Waals surface area contributed by atoms with Gasteiger partial charge in [0.25, 0.3) is 0 Å². The van der Waals surface area contributed by atoms with Gasteiger partial charge in [-0.3, -0.25) is 4.90 Å². The Morgan fingerprint density at radius 2 is 1.79 bits per heavy atom. The summed E-state index contributed by atoms with van der Waals surface area (Å²) in [6, 6.07) is 9.94. The van der Waals surface area contributed by atoms with Crippen molar-refractivity contribution in [2.75, 3.05) is 40.3 Å². The fourth-order valence-electron chi connectivity index (χ4n) is 8.62. The molecule has 0 spiro atoms. The van der Waals surface area contributed by atoms with Crippen LogP contribution in [0.1, 0.15) is 68.4 Å². The van der Waals surface area contributed by atoms with Crippen LogP contribution in [0, 0.1) is 17.8 Å². The second-order valence-electron chi connectivity index (χ2n) is 14.0. The van der Waals surface area contributed by atoms with Gasteiger partial charge >= 0.3 is 6.09 Å². The van der Waals surface area contributed by atoms with Crippen LogP contribution in [0.2, 0.25) is 0 Å². The Bertz CT molecular complexity index is 1680. The number of aliphatic hydroxyl groups excluding tert-OH is 2. The van der Waals surface area contributed by atoms with E-state index in [1.165, 1.54) is 7.11 Å². The number of nitrogens with zero attached hydrogens (tertiary/aromatic N) is 2. The van der Waals surface area contributed by atoms with Crippen molar-refractivity contribution in [3.8, 4) is 23.0 Å². The molecule has 0 aromatic heterocycles. The van der Waals surface area contributed by atoms with Crippen LogP contribution in [0.15, 0.2) is 78.5 Å². The third kappa shape index (κ3) is 7.90. The standard InChI is InChI=1S/C41H52N2O10/c1-4-6-20-49-40(47)43(25-27-13-15-35-36(21-27)51-26-50-35)37-24-33(42-48-3)31-22-28(11-7-9-17-44)30(12-8-10-18-45)38-32-23-29(46)14-16-34(32)53-41(37,39(31)38)52-19-5-2/h4-5,13-16,21-23,28,30,37-39,44-46H,1-2,6-12,17-20,24-26H2,3H3. The Morgan fingerprint density at radius 1 is 1.02 bits per heavy atom. The van der Waals surface area contributed by atoms with Crippen LogP contribution in [0.25, 0.3) is 0 Å². The molecule has 12 nitrogen and oxygen atoms in total. The van der Waals surface area contributed by atoms with Crippen molar-refractivity contribution in [3.05, 3.63) is 84.5 Å². The highest BCUT2D eigenvalue weighted by atomic mass is 16.7. The largest absolute Gasteiger partial charge is 0.508 e. The molecule has 0 radical (unpaired) electrons. The summed E-state index contributed by atoms with van der Waals surface area (Å²) < 4.78 is 31.2. The van der Waals surface area contributed by atoms with E-state index in [2.05, 4.69) is 24.4 Å². The van der Waals surface area contributed by atoms with E-state index in [1.807, 2.05) is 18.2 Å². The number of ether oxygens (including phenoxy) is 5. The number of phenolic OH excluding ortho intramolecular Hbond substituents is 1. The van der Waals surface area contributed by atoms with Gasteiger partial charge in [-0.2, -0.15) is 0 Å². The van der Waals surface area contributed by atoms with Gasteiger partial charge in [0.2, 0.25) is 12.6 Å². The van der Waals surface area contributed by atoms with E-state index in [9.17, 15) is 20.1 Å². The van der Waals surface area contributed by atoms with Crippen molar-refractivity contribution in [2.24, 2.45) is 22.9 Å². The number of carbonyl (C=O) groups excluding carboxylic acids is 1. The highest BCUT2D eigenvalue weighted by Crippen LogP contribution is 2.62. The lowest BCUT2D eigenvalue weighted by Gasteiger charge is -2.59. The molecular weight excluding hydrogens is 680 g/mol. The van der Waals surface area contributed by atoms with Crippen LogP contribution in [0.3, 0.4) is 0 Å². The lowest BCUT2D eigenvalue weighted by molar-refractivity contribution is -0.256. The predicted octanol–water partition coefficient (Wildman–Crippen LogP) is 6.60. The Morgan fingerprint density at radius 3 is 2.55 bits per heavy atom. The molecule has 2 aliphatic carbocycles. The Hall–Kier alpha value is -4.52. The van der Waals surface area contributed by atoms with E-state index < -0.39 is 23.8 Å². The Labute approximate surface area is 311 Å². The molecule has 0 bridgehead atoms. The van der Waals surface area contributed by atoms with E-state index in [1.54, 1.807) is 35.3 Å². The molecule has 6 rings (SSSR count). The Kier molecular flexibility index (Phi) is 12.6. The summed E-state index contributed by atoms with van der Waals surface area (Å²) >= 11 is 0. The van der Waals surface area contributed by atoms with Gasteiger partial charge in [-0.05, 0) is 85.4 Å². The van der Waals surface area contributed by atoms with E-state index in [0.29, 0.717) is 42.2 Å². The maximum atomic E-state index is 14.4. The van der Waals surface area contributed by atoms with Crippen molar-refractivity contribution >= 4 is 11.8 Å². The van der Waals surface area contributed by atoms with Crippen molar-refractivity contribution in [3.63, 3.8) is 0 Å². The molecule has 1 saturated carbocycles. The minimum Gasteiger partial charge on any atom is -0.508 e. The number of rotatable bonds is 18. The predicted molar refractivity (Wildman–Crippen MR) is 198 cm³/mol. The molecule has 0 saturated heterocycles. The fourth-order valence-corrected chi connectivity index (χ4v) is 8.62. The number of amides is 1. The number of allylic oxidation sites excluding steroid dienone is 1. The topological polar surface area (TPSA) is 149 Å². The molecule has 3 N–H and O–H groups in total. The van der Waals surface area contributed by atoms with E-state index >= 15 is 0 Å². The first kappa shape index (κ1) is 38.2. The Balaban J connectivity index is 1.56. The number of aromatic hydroxyl groups is 1. The van der Waals surface area contributed by atoms with Gasteiger partial charge in [-0.25, -0.2) is 4.79 Å². The number of phenols is 1. The van der Waals surface area contributed by atoms with Gasteiger partial charge < -0.3 is 43.8 Å². The number of fused-ring (bicyclic) bond motifs is 3. The van der Waals surface area contributed by atoms with Crippen molar-refractivity contribution in [1.29, 1.82) is 0 Å². The summed E-state index contributed by atoms with van der Waals surface area (Å²) in [5, 5.41) is 35.0. The number of benzene rings is 2. The highest BCUT2D eigenvalue weighted by Gasteiger charge is 2.65. The molecule has 2 aromatic rings. The third-order valence-corrected chi connectivity index (χ3v) is 10.8. The molecule has 1 amide bonds. The van der Waals surface area contributed by atoms with Crippen LogP contribution < -0.4 is 14.2 Å². The molecule has 4 aliphatic rings. The zero-order valence-corrected chi connectivity index (χ0v) is 30.5. The average molecular weight is 733 g/mol. The van der Waals surface area contributed by atoms with Crippen LogP contribution in [-0.4, -0.2) is 84.2 Å². The second-order valence-corrected chi connectivity index (χ2v) is 14.0. The summed E-state index contributed by atoms with van der Waals surface area (Å²) in [6.07, 6.45) is 10.3. The molecule has 12 heteroatoms. The number of aliphatic hydroxyl groups is 2. The maximum absolute atomic E-state index is 14.4. The minimum absolute atomic E-state index is 0.0366. The van der Waals surface area contributed by atoms with E-state index in [-0.39, 0.29) is 69.7 Å². The summed E-state index contributed by atoms with van der Waals surface area (Å²) in [5.41, 5.74) is 3.19. The molecule has 6 atom stereocenters. The molecular formula is C41H52N2O10. The van der Waals surface area contributed by atoms with Crippen LogP contribution in [-0.2, 0) is 20.9 Å². The number of hydrogen-bond acceptors (Lipinski definition) is 11. The summed E-state index contributed by atoms with van der Waals surface area (Å²) in [5.74, 6) is -0.214. The van der Waals surface area contributed by atoms with Crippen molar-refractivity contribution < 1.29 is 48.6 Å². The number of hydrogen-bond donors (Lipinski definition) is 3. The molecule has 53 heavy (non-hydrogen) atoms. The van der Waals surface area contributed by atoms with Crippen LogP contribution >= 0.6 is 0 Å².